The molecule has 0 saturated heterocycles. The van der Waals surface area contributed by atoms with Gasteiger partial charge in [-0.05, 0) is 24.1 Å². The van der Waals surface area contributed by atoms with Crippen molar-refractivity contribution in [3.05, 3.63) is 72.1 Å². The number of imidazole rings is 1. The van der Waals surface area contributed by atoms with Crippen LogP contribution in [0.2, 0.25) is 0 Å². The number of hydrogen-bond acceptors (Lipinski definition) is 1. The summed E-state index contributed by atoms with van der Waals surface area (Å²) >= 11 is 0. The van der Waals surface area contributed by atoms with Crippen molar-refractivity contribution in [2.75, 3.05) is 0 Å². The van der Waals surface area contributed by atoms with E-state index < -0.39 is 0 Å². The molecule has 2 nitrogen and oxygen atoms in total. The topological polar surface area (TPSA) is 17.8 Å². The fourth-order valence-corrected chi connectivity index (χ4v) is 2.60. The third kappa shape index (κ3) is 3.05. The van der Waals surface area contributed by atoms with Gasteiger partial charge < -0.3 is 4.57 Å². The molecule has 0 saturated carbocycles. The molecule has 3 rings (SSSR count). The van der Waals surface area contributed by atoms with Crippen molar-refractivity contribution in [3.63, 3.8) is 0 Å². The van der Waals surface area contributed by atoms with Crippen molar-refractivity contribution in [2.45, 2.75) is 26.3 Å². The molecule has 0 spiro atoms. The highest BCUT2D eigenvalue weighted by atomic mass is 15.1. The SMILES string of the molecule is CCCc1nc2ccccc2n1CC=Cc1ccccc1. The third-order valence-electron chi connectivity index (χ3n) is 3.61. The summed E-state index contributed by atoms with van der Waals surface area (Å²) in [4.78, 5) is 4.76. The molecule has 0 amide bonds. The van der Waals surface area contributed by atoms with E-state index in [1.807, 2.05) is 6.07 Å². The molecule has 2 aromatic carbocycles. The number of para-hydroxylation sites is 2. The predicted molar refractivity (Wildman–Crippen MR) is 89.2 cm³/mol. The molecule has 0 aliphatic rings. The first-order valence-electron chi connectivity index (χ1n) is 7.54. The van der Waals surface area contributed by atoms with E-state index in [1.165, 1.54) is 16.9 Å². The van der Waals surface area contributed by atoms with Crippen LogP contribution in [0.25, 0.3) is 17.1 Å². The van der Waals surface area contributed by atoms with Gasteiger partial charge in [-0.25, -0.2) is 4.98 Å². The Labute approximate surface area is 125 Å². The van der Waals surface area contributed by atoms with E-state index in [2.05, 4.69) is 72.2 Å². The van der Waals surface area contributed by atoms with Gasteiger partial charge in [0.1, 0.15) is 5.82 Å². The Kier molecular flexibility index (Phi) is 4.15. The van der Waals surface area contributed by atoms with Gasteiger partial charge in [-0.3, -0.25) is 0 Å². The second-order valence-electron chi connectivity index (χ2n) is 5.19. The van der Waals surface area contributed by atoms with Crippen molar-refractivity contribution in [1.29, 1.82) is 0 Å². The van der Waals surface area contributed by atoms with Crippen LogP contribution in [0.5, 0.6) is 0 Å². The number of aryl methyl sites for hydroxylation is 1. The van der Waals surface area contributed by atoms with Crippen LogP contribution in [-0.4, -0.2) is 9.55 Å². The van der Waals surface area contributed by atoms with E-state index in [4.69, 9.17) is 4.98 Å². The highest BCUT2D eigenvalue weighted by molar-refractivity contribution is 5.76. The van der Waals surface area contributed by atoms with Crippen molar-refractivity contribution in [2.24, 2.45) is 0 Å². The number of rotatable bonds is 5. The minimum absolute atomic E-state index is 0.866. The zero-order chi connectivity index (χ0) is 14.5. The Morgan fingerprint density at radius 2 is 1.76 bits per heavy atom. The molecule has 0 radical (unpaired) electrons. The predicted octanol–water partition coefficient (Wildman–Crippen LogP) is 4.70. The summed E-state index contributed by atoms with van der Waals surface area (Å²) in [6, 6.07) is 18.8. The molecule has 0 unspecified atom stereocenters. The van der Waals surface area contributed by atoms with Crippen LogP contribution in [0.15, 0.2) is 60.7 Å². The van der Waals surface area contributed by atoms with E-state index in [1.54, 1.807) is 0 Å². The van der Waals surface area contributed by atoms with Gasteiger partial charge in [0, 0.05) is 13.0 Å². The number of aromatic nitrogens is 2. The highest BCUT2D eigenvalue weighted by Gasteiger charge is 2.07. The van der Waals surface area contributed by atoms with Crippen molar-refractivity contribution in [1.82, 2.24) is 9.55 Å². The second kappa shape index (κ2) is 6.40. The number of fused-ring (bicyclic) bond motifs is 1. The minimum atomic E-state index is 0.866. The Morgan fingerprint density at radius 1 is 1.00 bits per heavy atom. The Hall–Kier alpha value is -2.35. The Morgan fingerprint density at radius 3 is 2.57 bits per heavy atom. The second-order valence-corrected chi connectivity index (χ2v) is 5.19. The first-order valence-corrected chi connectivity index (χ1v) is 7.54. The Bertz CT molecular complexity index is 739. The normalized spacial score (nSPS) is 11.5. The fraction of sp³-hybridized carbons (Fsp3) is 0.211. The smallest absolute Gasteiger partial charge is 0.110 e. The molecule has 0 fully saturated rings. The number of hydrogen-bond donors (Lipinski definition) is 0. The molecule has 106 valence electrons. The summed E-state index contributed by atoms with van der Waals surface area (Å²) in [5.41, 5.74) is 3.55. The van der Waals surface area contributed by atoms with Gasteiger partial charge in [0.15, 0.2) is 0 Å². The van der Waals surface area contributed by atoms with Gasteiger partial charge in [0.25, 0.3) is 0 Å². The average molecular weight is 276 g/mol. The maximum atomic E-state index is 4.76. The van der Waals surface area contributed by atoms with Crippen molar-refractivity contribution in [3.8, 4) is 0 Å². The van der Waals surface area contributed by atoms with Crippen molar-refractivity contribution >= 4 is 17.1 Å². The van der Waals surface area contributed by atoms with Crippen LogP contribution in [0.1, 0.15) is 24.7 Å². The zero-order valence-electron chi connectivity index (χ0n) is 12.4. The fourth-order valence-electron chi connectivity index (χ4n) is 2.60. The first kappa shape index (κ1) is 13.6. The monoisotopic (exact) mass is 276 g/mol. The van der Waals surface area contributed by atoms with Gasteiger partial charge in [0.05, 0.1) is 11.0 Å². The van der Waals surface area contributed by atoms with Gasteiger partial charge in [-0.15, -0.1) is 0 Å². The van der Waals surface area contributed by atoms with Crippen LogP contribution >= 0.6 is 0 Å². The lowest BCUT2D eigenvalue weighted by Gasteiger charge is -2.05. The number of benzene rings is 2. The van der Waals surface area contributed by atoms with Crippen LogP contribution in [0.3, 0.4) is 0 Å². The number of allylic oxidation sites excluding steroid dienone is 1. The molecule has 0 aliphatic heterocycles. The quantitative estimate of drug-likeness (QED) is 0.660. The zero-order valence-corrected chi connectivity index (χ0v) is 12.4. The average Bonchev–Trinajstić information content (AvgIpc) is 2.87. The van der Waals surface area contributed by atoms with Gasteiger partial charge in [-0.2, -0.15) is 0 Å². The molecular formula is C19H20N2. The Balaban J connectivity index is 1.88. The lowest BCUT2D eigenvalue weighted by atomic mass is 10.2. The standard InChI is InChI=1S/C19H20N2/c1-2-9-19-20-17-13-6-7-14-18(17)21(19)15-8-12-16-10-4-3-5-11-16/h3-8,10-14H,2,9,15H2,1H3. The molecular weight excluding hydrogens is 256 g/mol. The molecule has 0 bridgehead atoms. The van der Waals surface area contributed by atoms with E-state index in [-0.39, 0.29) is 0 Å². The van der Waals surface area contributed by atoms with E-state index in [9.17, 15) is 0 Å². The van der Waals surface area contributed by atoms with Gasteiger partial charge >= 0.3 is 0 Å². The molecule has 0 N–H and O–H groups in total. The lowest BCUT2D eigenvalue weighted by Crippen LogP contribution is -2.02. The van der Waals surface area contributed by atoms with Crippen LogP contribution < -0.4 is 0 Å². The van der Waals surface area contributed by atoms with E-state index >= 15 is 0 Å². The maximum Gasteiger partial charge on any atom is 0.110 e. The highest BCUT2D eigenvalue weighted by Crippen LogP contribution is 2.17. The van der Waals surface area contributed by atoms with Crippen molar-refractivity contribution < 1.29 is 0 Å². The lowest BCUT2D eigenvalue weighted by molar-refractivity contribution is 0.734. The van der Waals surface area contributed by atoms with Gasteiger partial charge in [0.2, 0.25) is 0 Å². The summed E-state index contributed by atoms with van der Waals surface area (Å²) < 4.78 is 2.32. The van der Waals surface area contributed by atoms with E-state index in [0.29, 0.717) is 0 Å². The van der Waals surface area contributed by atoms with Crippen LogP contribution in [-0.2, 0) is 13.0 Å². The summed E-state index contributed by atoms with van der Waals surface area (Å²) in [6.45, 7) is 3.06. The molecule has 21 heavy (non-hydrogen) atoms. The minimum Gasteiger partial charge on any atom is -0.324 e. The molecule has 1 aromatic heterocycles. The molecule has 0 atom stereocenters. The largest absolute Gasteiger partial charge is 0.324 e. The molecule has 0 aliphatic carbocycles. The maximum absolute atomic E-state index is 4.76. The van der Waals surface area contributed by atoms with E-state index in [0.717, 1.165) is 24.9 Å². The summed E-state index contributed by atoms with van der Waals surface area (Å²) in [7, 11) is 0. The third-order valence-corrected chi connectivity index (χ3v) is 3.61. The molecule has 2 heteroatoms. The molecule has 1 heterocycles. The summed E-state index contributed by atoms with van der Waals surface area (Å²) in [5, 5.41) is 0. The molecule has 3 aromatic rings. The van der Waals surface area contributed by atoms with Crippen LogP contribution in [0.4, 0.5) is 0 Å². The number of nitrogens with zero attached hydrogens (tertiary/aromatic N) is 2. The summed E-state index contributed by atoms with van der Waals surface area (Å²) in [6.07, 6.45) is 6.52. The van der Waals surface area contributed by atoms with Crippen LogP contribution in [0, 0.1) is 0 Å². The summed E-state index contributed by atoms with van der Waals surface area (Å²) in [5.74, 6) is 1.18. The first-order chi connectivity index (χ1) is 10.4. The van der Waals surface area contributed by atoms with Gasteiger partial charge in [-0.1, -0.05) is 61.5 Å².